The minimum Gasteiger partial charge on any atom is -0.324 e. The van der Waals surface area contributed by atoms with Gasteiger partial charge in [0.05, 0.1) is 5.92 Å². The molecule has 2 rings (SSSR count). The zero-order valence-corrected chi connectivity index (χ0v) is 12.4. The van der Waals surface area contributed by atoms with Crippen LogP contribution in [-0.4, -0.2) is 40.4 Å². The van der Waals surface area contributed by atoms with E-state index in [0.29, 0.717) is 18.1 Å². The molecule has 1 aliphatic rings. The maximum Gasteiger partial charge on any atom is 0.393 e. The Labute approximate surface area is 124 Å². The van der Waals surface area contributed by atoms with Gasteiger partial charge in [-0.1, -0.05) is 18.3 Å². The number of likely N-dealkylation sites (tertiary alicyclic amines) is 1. The first-order valence-electron chi connectivity index (χ1n) is 6.85. The third-order valence-corrected chi connectivity index (χ3v) is 4.21. The molecular weight excluding hydrogens is 305 g/mol. The Balaban J connectivity index is 1.93. The number of amides is 2. The van der Waals surface area contributed by atoms with Gasteiger partial charge >= 0.3 is 12.2 Å². The van der Waals surface area contributed by atoms with Crippen LogP contribution in [0.1, 0.15) is 31.2 Å². The standard InChI is InChI=1S/C12H17F3N4OS/c1-2-4-9-17-18-10(21-9)16-11(20)19-6-3-5-8(7-19)12(13,14)15/h8H,2-7H2,1H3,(H,16,18,20)/t8-/m1/s1. The van der Waals surface area contributed by atoms with Crippen LogP contribution in [0.25, 0.3) is 0 Å². The monoisotopic (exact) mass is 322 g/mol. The van der Waals surface area contributed by atoms with E-state index in [4.69, 9.17) is 0 Å². The number of hydrogen-bond acceptors (Lipinski definition) is 4. The van der Waals surface area contributed by atoms with Crippen molar-refractivity contribution >= 4 is 22.5 Å². The number of carbonyl (C=O) groups excluding carboxylic acids is 1. The van der Waals surface area contributed by atoms with E-state index < -0.39 is 18.1 Å². The van der Waals surface area contributed by atoms with Crippen LogP contribution in [0.3, 0.4) is 0 Å². The molecule has 2 amide bonds. The molecule has 0 saturated carbocycles. The lowest BCUT2D eigenvalue weighted by Gasteiger charge is -2.33. The summed E-state index contributed by atoms with van der Waals surface area (Å²) in [5, 5.41) is 11.4. The molecule has 0 aromatic carbocycles. The molecule has 1 atom stereocenters. The van der Waals surface area contributed by atoms with Crippen LogP contribution in [0.15, 0.2) is 0 Å². The van der Waals surface area contributed by atoms with Gasteiger partial charge in [-0.2, -0.15) is 13.2 Å². The molecule has 0 bridgehead atoms. The molecule has 1 aromatic rings. The van der Waals surface area contributed by atoms with E-state index in [1.54, 1.807) is 0 Å². The fraction of sp³-hybridized carbons (Fsp3) is 0.750. The van der Waals surface area contributed by atoms with Gasteiger partial charge in [-0.05, 0) is 19.3 Å². The van der Waals surface area contributed by atoms with Gasteiger partial charge in [0.25, 0.3) is 0 Å². The van der Waals surface area contributed by atoms with Gasteiger partial charge in [0.2, 0.25) is 5.13 Å². The summed E-state index contributed by atoms with van der Waals surface area (Å²) in [5.41, 5.74) is 0. The van der Waals surface area contributed by atoms with Crippen LogP contribution in [0, 0.1) is 5.92 Å². The van der Waals surface area contributed by atoms with Crippen molar-refractivity contribution in [1.82, 2.24) is 15.1 Å². The van der Waals surface area contributed by atoms with Crippen molar-refractivity contribution in [3.05, 3.63) is 5.01 Å². The van der Waals surface area contributed by atoms with Gasteiger partial charge in [-0.3, -0.25) is 5.32 Å². The number of rotatable bonds is 3. The Morgan fingerprint density at radius 2 is 2.24 bits per heavy atom. The smallest absolute Gasteiger partial charge is 0.324 e. The summed E-state index contributed by atoms with van der Waals surface area (Å²) in [7, 11) is 0. The van der Waals surface area contributed by atoms with E-state index in [2.05, 4.69) is 15.5 Å². The molecule has 0 spiro atoms. The Hall–Kier alpha value is -1.38. The van der Waals surface area contributed by atoms with Crippen LogP contribution in [-0.2, 0) is 6.42 Å². The lowest BCUT2D eigenvalue weighted by atomic mass is 9.98. The highest BCUT2D eigenvalue weighted by molar-refractivity contribution is 7.15. The molecule has 21 heavy (non-hydrogen) atoms. The average molecular weight is 322 g/mol. The first-order valence-corrected chi connectivity index (χ1v) is 7.66. The Morgan fingerprint density at radius 1 is 1.48 bits per heavy atom. The van der Waals surface area contributed by atoms with Gasteiger partial charge in [0.1, 0.15) is 5.01 Å². The van der Waals surface area contributed by atoms with Gasteiger partial charge in [-0.15, -0.1) is 10.2 Å². The molecule has 9 heteroatoms. The maximum atomic E-state index is 12.7. The van der Waals surface area contributed by atoms with Gasteiger partial charge < -0.3 is 4.90 Å². The van der Waals surface area contributed by atoms with Gasteiger partial charge in [-0.25, -0.2) is 4.79 Å². The topological polar surface area (TPSA) is 58.1 Å². The minimum absolute atomic E-state index is 0.0761. The normalized spacial score (nSPS) is 19.6. The molecule has 1 saturated heterocycles. The molecule has 118 valence electrons. The molecule has 0 radical (unpaired) electrons. The van der Waals surface area contributed by atoms with Crippen molar-refractivity contribution in [3.8, 4) is 0 Å². The molecule has 0 unspecified atom stereocenters. The Morgan fingerprint density at radius 3 is 2.90 bits per heavy atom. The second-order valence-electron chi connectivity index (χ2n) is 5.01. The summed E-state index contributed by atoms with van der Waals surface area (Å²) < 4.78 is 38.1. The largest absolute Gasteiger partial charge is 0.393 e. The number of alkyl halides is 3. The summed E-state index contributed by atoms with van der Waals surface area (Å²) in [4.78, 5) is 13.2. The fourth-order valence-corrected chi connectivity index (χ4v) is 3.05. The second kappa shape index (κ2) is 6.59. The van der Waals surface area contributed by atoms with Crippen molar-refractivity contribution in [1.29, 1.82) is 0 Å². The number of aromatic nitrogens is 2. The molecular formula is C12H17F3N4OS. The third kappa shape index (κ3) is 4.29. The Bertz CT molecular complexity index is 491. The van der Waals surface area contributed by atoms with E-state index in [1.807, 2.05) is 6.92 Å². The molecule has 1 aromatic heterocycles. The molecule has 5 nitrogen and oxygen atoms in total. The van der Waals surface area contributed by atoms with Crippen LogP contribution >= 0.6 is 11.3 Å². The lowest BCUT2D eigenvalue weighted by Crippen LogP contribution is -2.46. The number of nitrogens with zero attached hydrogens (tertiary/aromatic N) is 3. The number of carbonyl (C=O) groups is 1. The predicted octanol–water partition coefficient (Wildman–Crippen LogP) is 3.30. The number of halogens is 3. The van der Waals surface area contributed by atoms with Crippen LogP contribution < -0.4 is 5.32 Å². The quantitative estimate of drug-likeness (QED) is 0.929. The average Bonchev–Trinajstić information content (AvgIpc) is 2.86. The summed E-state index contributed by atoms with van der Waals surface area (Å²) in [5.74, 6) is -1.44. The highest BCUT2D eigenvalue weighted by Gasteiger charge is 2.42. The summed E-state index contributed by atoms with van der Waals surface area (Å²) in [6.07, 6.45) is -2.13. The summed E-state index contributed by atoms with van der Waals surface area (Å²) in [6.45, 7) is 2.04. The van der Waals surface area contributed by atoms with Crippen molar-refractivity contribution in [2.75, 3.05) is 18.4 Å². The molecule has 2 heterocycles. The van der Waals surface area contributed by atoms with Crippen LogP contribution in [0.5, 0.6) is 0 Å². The summed E-state index contributed by atoms with van der Waals surface area (Å²) >= 11 is 1.25. The zero-order chi connectivity index (χ0) is 15.5. The first kappa shape index (κ1) is 16.0. The van der Waals surface area contributed by atoms with E-state index in [1.165, 1.54) is 16.2 Å². The number of urea groups is 1. The number of nitrogens with one attached hydrogen (secondary N) is 1. The van der Waals surface area contributed by atoms with Crippen molar-refractivity contribution in [2.24, 2.45) is 5.92 Å². The molecule has 1 aliphatic heterocycles. The van der Waals surface area contributed by atoms with E-state index in [0.717, 1.165) is 17.8 Å². The third-order valence-electron chi connectivity index (χ3n) is 3.32. The SMILES string of the molecule is CCCc1nnc(NC(=O)N2CCC[C@@H](C(F)(F)F)C2)s1. The van der Waals surface area contributed by atoms with Gasteiger partial charge in [0.15, 0.2) is 0 Å². The summed E-state index contributed by atoms with van der Waals surface area (Å²) in [6, 6.07) is -0.539. The number of anilines is 1. The van der Waals surface area contributed by atoms with Crippen molar-refractivity contribution in [3.63, 3.8) is 0 Å². The second-order valence-corrected chi connectivity index (χ2v) is 6.07. The molecule has 0 aliphatic carbocycles. The molecule has 1 fully saturated rings. The fourth-order valence-electron chi connectivity index (χ4n) is 2.22. The number of aryl methyl sites for hydroxylation is 1. The van der Waals surface area contributed by atoms with Crippen molar-refractivity contribution in [2.45, 2.75) is 38.8 Å². The first-order chi connectivity index (χ1) is 9.90. The van der Waals surface area contributed by atoms with Gasteiger partial charge in [0, 0.05) is 19.5 Å². The van der Waals surface area contributed by atoms with Crippen molar-refractivity contribution < 1.29 is 18.0 Å². The molecule has 1 N–H and O–H groups in total. The lowest BCUT2D eigenvalue weighted by molar-refractivity contribution is -0.183. The highest BCUT2D eigenvalue weighted by Crippen LogP contribution is 2.33. The highest BCUT2D eigenvalue weighted by atomic mass is 32.1. The predicted molar refractivity (Wildman–Crippen MR) is 73.3 cm³/mol. The van der Waals surface area contributed by atoms with Crippen LogP contribution in [0.2, 0.25) is 0 Å². The number of piperidine rings is 1. The van der Waals surface area contributed by atoms with E-state index in [9.17, 15) is 18.0 Å². The van der Waals surface area contributed by atoms with Crippen LogP contribution in [0.4, 0.5) is 23.1 Å². The minimum atomic E-state index is -4.25. The maximum absolute atomic E-state index is 12.7. The van der Waals surface area contributed by atoms with E-state index >= 15 is 0 Å². The zero-order valence-electron chi connectivity index (χ0n) is 11.6. The Kier molecular flexibility index (Phi) is 5.02. The van der Waals surface area contributed by atoms with E-state index in [-0.39, 0.29) is 13.0 Å². The number of hydrogen-bond donors (Lipinski definition) is 1.